The molecule has 338 valence electrons. The minimum Gasteiger partial charge on any atom is -0.469 e. The average Bonchev–Trinajstić information content (AvgIpc) is 3.24. The van der Waals surface area contributed by atoms with E-state index in [9.17, 15) is 9.90 Å². The van der Waals surface area contributed by atoms with Crippen LogP contribution in [0.5, 0.6) is 0 Å². The third-order valence-electron chi connectivity index (χ3n) is 13.0. The standard InChI is InChI=1S/C54H94O4Si/c1-6-7-8-9-10-11-12-13-14-15-16-17-18-19-20-21-22-23-24-27-30-39-46-51(53(56)57-5)52(55)47-40-31-28-25-26-29-32-41-48-58-59(54(2,3)4,49-42-35-33-36-43-49)50-44-37-34-38-45-50/h33-38,42-45,51-52,55H,6-32,39-41,46-48H2,1-5H3/t51-,52-/m1/s1. The molecule has 0 aromatic heterocycles. The minimum absolute atomic E-state index is 0.0185. The fourth-order valence-corrected chi connectivity index (χ4v) is 13.9. The van der Waals surface area contributed by atoms with Gasteiger partial charge in [-0.2, -0.15) is 0 Å². The second-order valence-corrected chi connectivity index (χ2v) is 23.3. The van der Waals surface area contributed by atoms with Gasteiger partial charge in [0.15, 0.2) is 0 Å². The third kappa shape index (κ3) is 23.2. The topological polar surface area (TPSA) is 55.8 Å². The highest BCUT2D eigenvalue weighted by Gasteiger charge is 2.49. The van der Waals surface area contributed by atoms with Crippen LogP contribution in [0.15, 0.2) is 60.7 Å². The molecule has 0 fully saturated rings. The van der Waals surface area contributed by atoms with Crippen molar-refractivity contribution in [1.29, 1.82) is 0 Å². The lowest BCUT2D eigenvalue weighted by atomic mass is 9.91. The summed E-state index contributed by atoms with van der Waals surface area (Å²) >= 11 is 0. The molecule has 0 spiro atoms. The lowest BCUT2D eigenvalue weighted by molar-refractivity contribution is -0.150. The fraction of sp³-hybridized carbons (Fsp3) is 0.759. The van der Waals surface area contributed by atoms with E-state index >= 15 is 0 Å². The van der Waals surface area contributed by atoms with E-state index in [-0.39, 0.29) is 16.9 Å². The lowest BCUT2D eigenvalue weighted by Crippen LogP contribution is -2.66. The molecular weight excluding hydrogens is 741 g/mol. The van der Waals surface area contributed by atoms with Gasteiger partial charge in [-0.05, 0) is 34.7 Å². The first-order valence-corrected chi connectivity index (χ1v) is 27.2. The smallest absolute Gasteiger partial charge is 0.311 e. The van der Waals surface area contributed by atoms with Crippen molar-refractivity contribution in [3.05, 3.63) is 60.7 Å². The number of carbonyl (C=O) groups is 1. The average molecular weight is 835 g/mol. The van der Waals surface area contributed by atoms with Gasteiger partial charge < -0.3 is 14.3 Å². The summed E-state index contributed by atoms with van der Waals surface area (Å²) in [5.74, 6) is -0.615. The molecule has 59 heavy (non-hydrogen) atoms. The number of aliphatic hydroxyl groups is 1. The van der Waals surface area contributed by atoms with Gasteiger partial charge in [0, 0.05) is 6.61 Å². The molecule has 2 aromatic carbocycles. The molecule has 0 unspecified atom stereocenters. The number of carbonyl (C=O) groups excluding carboxylic acids is 1. The normalized spacial score (nSPS) is 13.1. The molecule has 2 aromatic rings. The highest BCUT2D eigenvalue weighted by molar-refractivity contribution is 6.99. The summed E-state index contributed by atoms with van der Waals surface area (Å²) in [5, 5.41) is 13.7. The first-order chi connectivity index (χ1) is 28.8. The first-order valence-electron chi connectivity index (χ1n) is 25.3. The van der Waals surface area contributed by atoms with Gasteiger partial charge in [0.2, 0.25) is 0 Å². The van der Waals surface area contributed by atoms with Gasteiger partial charge in [0.1, 0.15) is 0 Å². The van der Waals surface area contributed by atoms with Crippen LogP contribution in [-0.4, -0.2) is 39.2 Å². The number of methoxy groups -OCH3 is 1. The van der Waals surface area contributed by atoms with Crippen LogP contribution < -0.4 is 10.4 Å². The van der Waals surface area contributed by atoms with Gasteiger partial charge >= 0.3 is 5.97 Å². The Balaban J connectivity index is 1.46. The van der Waals surface area contributed by atoms with Crippen molar-refractivity contribution in [1.82, 2.24) is 0 Å². The van der Waals surface area contributed by atoms with Crippen molar-refractivity contribution in [2.75, 3.05) is 13.7 Å². The van der Waals surface area contributed by atoms with E-state index in [0.717, 1.165) is 45.1 Å². The van der Waals surface area contributed by atoms with E-state index in [1.807, 2.05) is 0 Å². The Labute approximate surface area is 367 Å². The monoisotopic (exact) mass is 835 g/mol. The summed E-state index contributed by atoms with van der Waals surface area (Å²) in [6.45, 7) is 10.1. The second-order valence-electron chi connectivity index (χ2n) is 19.0. The van der Waals surface area contributed by atoms with E-state index in [4.69, 9.17) is 9.16 Å². The highest BCUT2D eigenvalue weighted by atomic mass is 28.4. The summed E-state index contributed by atoms with van der Waals surface area (Å²) < 4.78 is 12.2. The largest absolute Gasteiger partial charge is 0.469 e. The number of hydrogen-bond donors (Lipinski definition) is 1. The molecule has 0 radical (unpaired) electrons. The number of hydrogen-bond acceptors (Lipinski definition) is 4. The second kappa shape index (κ2) is 34.6. The van der Waals surface area contributed by atoms with Crippen LogP contribution in [0.2, 0.25) is 5.04 Å². The van der Waals surface area contributed by atoms with Crippen molar-refractivity contribution in [2.45, 2.75) is 244 Å². The molecule has 2 atom stereocenters. The Morgan fingerprint density at radius 3 is 1.17 bits per heavy atom. The van der Waals surface area contributed by atoms with Crippen LogP contribution in [0.4, 0.5) is 0 Å². The number of rotatable bonds is 39. The van der Waals surface area contributed by atoms with E-state index in [2.05, 4.69) is 88.4 Å². The van der Waals surface area contributed by atoms with Crippen molar-refractivity contribution in [2.24, 2.45) is 5.92 Å². The van der Waals surface area contributed by atoms with Crippen LogP contribution >= 0.6 is 0 Å². The minimum atomic E-state index is -2.45. The summed E-state index contributed by atoms with van der Waals surface area (Å²) in [6, 6.07) is 21.9. The van der Waals surface area contributed by atoms with Gasteiger partial charge in [-0.15, -0.1) is 0 Å². The van der Waals surface area contributed by atoms with E-state index in [1.54, 1.807) is 0 Å². The molecule has 1 N–H and O–H groups in total. The van der Waals surface area contributed by atoms with Gasteiger partial charge in [-0.25, -0.2) is 0 Å². The zero-order chi connectivity index (χ0) is 42.7. The number of esters is 1. The Bertz CT molecular complexity index is 1190. The molecule has 5 heteroatoms. The fourth-order valence-electron chi connectivity index (χ4n) is 9.30. The number of aliphatic hydroxyl groups excluding tert-OH is 1. The van der Waals surface area contributed by atoms with Crippen molar-refractivity contribution < 1.29 is 19.1 Å². The molecule has 0 aliphatic rings. The van der Waals surface area contributed by atoms with Gasteiger partial charge in [-0.1, -0.05) is 275 Å². The Hall–Kier alpha value is -1.95. The maximum Gasteiger partial charge on any atom is 0.311 e. The Kier molecular flexibility index (Phi) is 31.2. The number of benzene rings is 2. The van der Waals surface area contributed by atoms with Crippen LogP contribution in [0.1, 0.15) is 233 Å². The molecule has 4 nitrogen and oxygen atoms in total. The van der Waals surface area contributed by atoms with E-state index in [0.29, 0.717) is 6.42 Å². The maximum atomic E-state index is 12.5. The van der Waals surface area contributed by atoms with Crippen molar-refractivity contribution in [3.8, 4) is 0 Å². The molecular formula is C54H94O4Si. The zero-order valence-corrected chi connectivity index (χ0v) is 40.4. The summed E-state index contributed by atoms with van der Waals surface area (Å²) in [4.78, 5) is 12.5. The zero-order valence-electron chi connectivity index (χ0n) is 39.4. The Morgan fingerprint density at radius 1 is 0.508 bits per heavy atom. The molecule has 0 amide bonds. The van der Waals surface area contributed by atoms with Crippen LogP contribution in [-0.2, 0) is 14.0 Å². The van der Waals surface area contributed by atoms with Crippen molar-refractivity contribution >= 4 is 24.7 Å². The van der Waals surface area contributed by atoms with Gasteiger partial charge in [0.25, 0.3) is 8.32 Å². The van der Waals surface area contributed by atoms with Crippen LogP contribution in [0, 0.1) is 5.92 Å². The lowest BCUT2D eigenvalue weighted by Gasteiger charge is -2.43. The molecule has 0 aliphatic heterocycles. The number of ether oxygens (including phenoxy) is 1. The van der Waals surface area contributed by atoms with Gasteiger partial charge in [0.05, 0.1) is 19.1 Å². The molecule has 0 saturated carbocycles. The summed E-state index contributed by atoms with van der Waals surface area (Å²) in [6.07, 6.45) is 40.3. The van der Waals surface area contributed by atoms with E-state index < -0.39 is 14.4 Å². The highest BCUT2D eigenvalue weighted by Crippen LogP contribution is 2.37. The Morgan fingerprint density at radius 2 is 0.831 bits per heavy atom. The van der Waals surface area contributed by atoms with Crippen molar-refractivity contribution in [3.63, 3.8) is 0 Å². The summed E-state index contributed by atoms with van der Waals surface area (Å²) in [5.41, 5.74) is 0. The molecule has 0 aliphatic carbocycles. The number of unbranched alkanes of at least 4 members (excludes halogenated alkanes) is 28. The molecule has 0 bridgehead atoms. The molecule has 0 saturated heterocycles. The molecule has 2 rings (SSSR count). The SMILES string of the molecule is CCCCCCCCCCCCCCCCCCCCCCCC[C@@H](C(=O)OC)[C@H](O)CCCCCCCCCCO[Si](c1ccccc1)(c1ccccc1)C(C)(C)C. The van der Waals surface area contributed by atoms with E-state index in [1.165, 1.54) is 178 Å². The quantitative estimate of drug-likeness (QED) is 0.0414. The predicted octanol–water partition coefficient (Wildman–Crippen LogP) is 15.2. The van der Waals surface area contributed by atoms with Crippen LogP contribution in [0.25, 0.3) is 0 Å². The van der Waals surface area contributed by atoms with Gasteiger partial charge in [-0.3, -0.25) is 4.79 Å². The first kappa shape index (κ1) is 53.2. The molecule has 0 heterocycles. The summed E-state index contributed by atoms with van der Waals surface area (Å²) in [7, 11) is -0.985. The maximum absolute atomic E-state index is 12.5. The predicted molar refractivity (Wildman–Crippen MR) is 259 cm³/mol. The van der Waals surface area contributed by atoms with Crippen LogP contribution in [0.3, 0.4) is 0 Å². The third-order valence-corrected chi connectivity index (χ3v) is 18.0.